The third kappa shape index (κ3) is 3.11. The minimum Gasteiger partial charge on any atom is -0.352 e. The maximum Gasteiger partial charge on any atom is 0.262 e. The second kappa shape index (κ2) is 6.67. The zero-order valence-electron chi connectivity index (χ0n) is 14.8. The van der Waals surface area contributed by atoms with Gasteiger partial charge in [-0.1, -0.05) is 26.7 Å². The van der Waals surface area contributed by atoms with Crippen LogP contribution in [0.4, 0.5) is 0 Å². The first-order valence-electron chi connectivity index (χ1n) is 8.63. The summed E-state index contributed by atoms with van der Waals surface area (Å²) in [6.07, 6.45) is 4.89. The zero-order valence-corrected chi connectivity index (χ0v) is 15.6. The molecule has 2 aromatic rings. The van der Waals surface area contributed by atoms with Gasteiger partial charge >= 0.3 is 0 Å². The quantitative estimate of drug-likeness (QED) is 0.928. The number of carbonyl (C=O) groups excluding carboxylic acids is 1. The summed E-state index contributed by atoms with van der Waals surface area (Å²) < 4.78 is 1.42. The number of thiophene rings is 1. The lowest BCUT2D eigenvalue weighted by molar-refractivity contribution is -0.123. The normalized spacial score (nSPS) is 24.2. The number of carbonyl (C=O) groups is 1. The highest BCUT2D eigenvalue weighted by Gasteiger charge is 2.28. The van der Waals surface area contributed by atoms with Gasteiger partial charge in [-0.25, -0.2) is 4.98 Å². The van der Waals surface area contributed by atoms with Gasteiger partial charge in [0.25, 0.3) is 5.56 Å². The van der Waals surface area contributed by atoms with Crippen molar-refractivity contribution in [1.29, 1.82) is 0 Å². The number of hydrogen-bond acceptors (Lipinski definition) is 4. The van der Waals surface area contributed by atoms with Crippen LogP contribution in [0.5, 0.6) is 0 Å². The van der Waals surface area contributed by atoms with E-state index in [0.29, 0.717) is 17.2 Å². The fourth-order valence-electron chi connectivity index (χ4n) is 3.58. The fraction of sp³-hybridized carbons (Fsp3) is 0.611. The van der Waals surface area contributed by atoms with Crippen LogP contribution in [0.25, 0.3) is 10.2 Å². The Morgan fingerprint density at radius 3 is 2.88 bits per heavy atom. The Morgan fingerprint density at radius 2 is 2.12 bits per heavy atom. The lowest BCUT2D eigenvalue weighted by Crippen LogP contribution is -2.45. The van der Waals surface area contributed by atoms with Crippen LogP contribution in [0.1, 0.15) is 43.6 Å². The van der Waals surface area contributed by atoms with E-state index in [1.165, 1.54) is 28.7 Å². The molecule has 1 amide bonds. The predicted octanol–water partition coefficient (Wildman–Crippen LogP) is 3.02. The fourth-order valence-corrected chi connectivity index (χ4v) is 4.56. The summed E-state index contributed by atoms with van der Waals surface area (Å²) in [6, 6.07) is 0.207. The Bertz CT molecular complexity index is 824. The smallest absolute Gasteiger partial charge is 0.262 e. The molecule has 1 N–H and O–H groups in total. The second-order valence-electron chi connectivity index (χ2n) is 7.08. The highest BCUT2D eigenvalue weighted by Crippen LogP contribution is 2.29. The van der Waals surface area contributed by atoms with Gasteiger partial charge in [-0.15, -0.1) is 11.3 Å². The van der Waals surface area contributed by atoms with E-state index in [0.717, 1.165) is 28.1 Å². The SMILES string of the molecule is Cc1sc2ncn(CC(=O)N[C@@H]3CCC[C@H](C)[C@@H]3C)c(=O)c2c1C. The Labute approximate surface area is 146 Å². The first-order valence-corrected chi connectivity index (χ1v) is 9.44. The van der Waals surface area contributed by atoms with E-state index in [2.05, 4.69) is 24.1 Å². The summed E-state index contributed by atoms with van der Waals surface area (Å²) in [6.45, 7) is 8.41. The van der Waals surface area contributed by atoms with E-state index in [1.54, 1.807) is 0 Å². The molecular weight excluding hydrogens is 322 g/mol. The third-order valence-electron chi connectivity index (χ3n) is 5.52. The Morgan fingerprint density at radius 1 is 1.38 bits per heavy atom. The topological polar surface area (TPSA) is 64.0 Å². The van der Waals surface area contributed by atoms with Crippen LogP contribution >= 0.6 is 11.3 Å². The van der Waals surface area contributed by atoms with Gasteiger partial charge in [-0.2, -0.15) is 0 Å². The second-order valence-corrected chi connectivity index (χ2v) is 8.29. The molecular formula is C18H25N3O2S. The molecule has 0 spiro atoms. The largest absolute Gasteiger partial charge is 0.352 e. The molecule has 0 aromatic carbocycles. The van der Waals surface area contributed by atoms with E-state index in [4.69, 9.17) is 0 Å². The maximum atomic E-state index is 12.7. The first kappa shape index (κ1) is 17.1. The molecule has 2 aromatic heterocycles. The molecule has 130 valence electrons. The summed E-state index contributed by atoms with van der Waals surface area (Å²) in [4.78, 5) is 31.3. The molecule has 1 saturated carbocycles. The number of aryl methyl sites for hydroxylation is 2. The van der Waals surface area contributed by atoms with E-state index in [-0.39, 0.29) is 24.1 Å². The summed E-state index contributed by atoms with van der Waals surface area (Å²) in [5.74, 6) is 0.997. The van der Waals surface area contributed by atoms with Crippen molar-refractivity contribution in [2.75, 3.05) is 0 Å². The highest BCUT2D eigenvalue weighted by molar-refractivity contribution is 7.18. The van der Waals surface area contributed by atoms with Gasteiger partial charge in [0.05, 0.1) is 11.7 Å². The van der Waals surface area contributed by atoms with Gasteiger partial charge < -0.3 is 5.32 Å². The van der Waals surface area contributed by atoms with E-state index >= 15 is 0 Å². The zero-order chi connectivity index (χ0) is 17.4. The van der Waals surface area contributed by atoms with Gasteiger partial charge in [0, 0.05) is 10.9 Å². The third-order valence-corrected chi connectivity index (χ3v) is 6.64. The van der Waals surface area contributed by atoms with Crippen molar-refractivity contribution >= 4 is 27.5 Å². The molecule has 0 bridgehead atoms. The van der Waals surface area contributed by atoms with Crippen LogP contribution in [0.15, 0.2) is 11.1 Å². The molecule has 24 heavy (non-hydrogen) atoms. The van der Waals surface area contributed by atoms with Crippen LogP contribution in [0, 0.1) is 25.7 Å². The highest BCUT2D eigenvalue weighted by atomic mass is 32.1. The van der Waals surface area contributed by atoms with Crippen LogP contribution in [0.2, 0.25) is 0 Å². The van der Waals surface area contributed by atoms with Crippen molar-refractivity contribution in [2.45, 2.75) is 59.5 Å². The molecule has 3 rings (SSSR count). The lowest BCUT2D eigenvalue weighted by Gasteiger charge is -2.34. The summed E-state index contributed by atoms with van der Waals surface area (Å²) in [5, 5.41) is 3.76. The van der Waals surface area contributed by atoms with Crippen molar-refractivity contribution in [3.8, 4) is 0 Å². The van der Waals surface area contributed by atoms with Crippen molar-refractivity contribution < 1.29 is 4.79 Å². The van der Waals surface area contributed by atoms with Crippen molar-refractivity contribution in [3.63, 3.8) is 0 Å². The molecule has 2 heterocycles. The molecule has 1 aliphatic rings. The molecule has 3 atom stereocenters. The van der Waals surface area contributed by atoms with Crippen LogP contribution in [-0.4, -0.2) is 21.5 Å². The van der Waals surface area contributed by atoms with Gasteiger partial charge in [0.2, 0.25) is 5.91 Å². The molecule has 0 saturated heterocycles. The summed E-state index contributed by atoms with van der Waals surface area (Å²) in [7, 11) is 0. The van der Waals surface area contributed by atoms with Crippen LogP contribution < -0.4 is 10.9 Å². The van der Waals surface area contributed by atoms with Gasteiger partial charge in [0.1, 0.15) is 11.4 Å². The Hall–Kier alpha value is -1.69. The molecule has 1 aliphatic carbocycles. The standard InChI is InChI=1S/C18H25N3O2S/c1-10-6-5-7-14(11(10)2)20-15(22)8-21-9-19-17-16(18(21)23)12(3)13(4)24-17/h9-11,14H,5-8H2,1-4H3,(H,20,22)/t10-,11-,14+/m0/s1. The predicted molar refractivity (Wildman–Crippen MR) is 97.5 cm³/mol. The maximum absolute atomic E-state index is 12.7. The van der Waals surface area contributed by atoms with Crippen LogP contribution in [0.3, 0.4) is 0 Å². The van der Waals surface area contributed by atoms with Gasteiger partial charge in [-0.05, 0) is 37.7 Å². The van der Waals surface area contributed by atoms with Crippen molar-refractivity contribution in [3.05, 3.63) is 27.1 Å². The average molecular weight is 347 g/mol. The minimum atomic E-state index is -0.123. The Kier molecular flexibility index (Phi) is 4.76. The van der Waals surface area contributed by atoms with E-state index in [9.17, 15) is 9.59 Å². The molecule has 0 unspecified atom stereocenters. The van der Waals surface area contributed by atoms with Crippen molar-refractivity contribution in [2.24, 2.45) is 11.8 Å². The Balaban J connectivity index is 1.77. The number of nitrogens with zero attached hydrogens (tertiary/aromatic N) is 2. The number of fused-ring (bicyclic) bond motifs is 1. The van der Waals surface area contributed by atoms with Crippen molar-refractivity contribution in [1.82, 2.24) is 14.9 Å². The van der Waals surface area contributed by atoms with E-state index < -0.39 is 0 Å². The van der Waals surface area contributed by atoms with Gasteiger partial charge in [-0.3, -0.25) is 14.2 Å². The van der Waals surface area contributed by atoms with Crippen LogP contribution in [-0.2, 0) is 11.3 Å². The number of amides is 1. The molecule has 5 nitrogen and oxygen atoms in total. The number of nitrogens with one attached hydrogen (secondary N) is 1. The summed E-state index contributed by atoms with van der Waals surface area (Å²) in [5.41, 5.74) is 0.846. The molecule has 0 radical (unpaired) electrons. The van der Waals surface area contributed by atoms with Gasteiger partial charge in [0.15, 0.2) is 0 Å². The molecule has 1 fully saturated rings. The number of rotatable bonds is 3. The number of hydrogen-bond donors (Lipinski definition) is 1. The lowest BCUT2D eigenvalue weighted by atomic mass is 9.78. The summed E-state index contributed by atoms with van der Waals surface area (Å²) >= 11 is 1.52. The monoisotopic (exact) mass is 347 g/mol. The molecule has 0 aliphatic heterocycles. The average Bonchev–Trinajstić information content (AvgIpc) is 2.82. The first-order chi connectivity index (χ1) is 11.4. The minimum absolute atomic E-state index is 0.0354. The van der Waals surface area contributed by atoms with E-state index in [1.807, 2.05) is 13.8 Å². The number of aromatic nitrogens is 2. The molecule has 6 heteroatoms.